The van der Waals surface area contributed by atoms with Gasteiger partial charge < -0.3 is 20.3 Å². The number of amides is 3. The summed E-state index contributed by atoms with van der Waals surface area (Å²) in [4.78, 5) is 42.9. The highest BCUT2D eigenvalue weighted by Gasteiger charge is 2.47. The molecule has 2 saturated heterocycles. The van der Waals surface area contributed by atoms with Crippen LogP contribution in [0.1, 0.15) is 40.4 Å². The molecule has 202 valence electrons. The molecule has 0 aliphatic carbocycles. The Morgan fingerprint density at radius 3 is 2.44 bits per heavy atom. The quantitative estimate of drug-likeness (QED) is 0.429. The summed E-state index contributed by atoms with van der Waals surface area (Å²) in [5, 5.41) is 5.85. The first-order valence-electron chi connectivity index (χ1n) is 13.2. The zero-order valence-electron chi connectivity index (χ0n) is 21.5. The van der Waals surface area contributed by atoms with Crippen LogP contribution in [-0.4, -0.2) is 59.9 Å². The molecule has 0 spiro atoms. The number of likely N-dealkylation sites (tertiary alicyclic amines) is 1. The fourth-order valence-electron chi connectivity index (χ4n) is 5.03. The third-order valence-electron chi connectivity index (χ3n) is 7.05. The van der Waals surface area contributed by atoms with Crippen molar-refractivity contribution in [2.24, 2.45) is 0 Å². The zero-order valence-corrected chi connectivity index (χ0v) is 21.5. The Morgan fingerprint density at radius 1 is 0.949 bits per heavy atom. The molecule has 0 aromatic heterocycles. The highest BCUT2D eigenvalue weighted by molar-refractivity contribution is 6.04. The number of anilines is 1. The van der Waals surface area contributed by atoms with Crippen molar-refractivity contribution in [1.29, 1.82) is 0 Å². The van der Waals surface area contributed by atoms with Gasteiger partial charge in [0.15, 0.2) is 12.1 Å². The standard InChI is InChI=1S/C30H31FN4O4/c31-24-13-11-21(12-14-24)20-35-26(29(37)32-15-18-34-16-4-5-17-34)27(39-30(35)38)23-9-6-10-25(19-23)33-28(36)22-7-2-1-3-8-22/h1-3,6-14,19,26-27H,4-5,15-18,20H2,(H,32,37)(H,33,36). The van der Waals surface area contributed by atoms with Crippen LogP contribution in [0.5, 0.6) is 0 Å². The lowest BCUT2D eigenvalue weighted by atomic mass is 10.00. The predicted octanol–water partition coefficient (Wildman–Crippen LogP) is 4.35. The molecule has 2 N–H and O–H groups in total. The molecule has 3 aromatic carbocycles. The van der Waals surface area contributed by atoms with E-state index in [2.05, 4.69) is 15.5 Å². The van der Waals surface area contributed by atoms with Gasteiger partial charge in [0, 0.05) is 24.3 Å². The van der Waals surface area contributed by atoms with Crippen molar-refractivity contribution in [2.45, 2.75) is 31.5 Å². The molecule has 3 amide bonds. The van der Waals surface area contributed by atoms with E-state index in [-0.39, 0.29) is 24.2 Å². The van der Waals surface area contributed by atoms with Gasteiger partial charge in [0.25, 0.3) is 5.91 Å². The molecular formula is C30H31FN4O4. The predicted molar refractivity (Wildman–Crippen MR) is 144 cm³/mol. The van der Waals surface area contributed by atoms with E-state index in [9.17, 15) is 18.8 Å². The number of ether oxygens (including phenoxy) is 1. The van der Waals surface area contributed by atoms with Gasteiger partial charge in [-0.25, -0.2) is 9.18 Å². The smallest absolute Gasteiger partial charge is 0.411 e. The second-order valence-corrected chi connectivity index (χ2v) is 9.79. The van der Waals surface area contributed by atoms with Gasteiger partial charge in [0.1, 0.15) is 5.82 Å². The molecule has 3 aromatic rings. The fraction of sp³-hybridized carbons (Fsp3) is 0.300. The maximum absolute atomic E-state index is 13.5. The molecule has 0 saturated carbocycles. The van der Waals surface area contributed by atoms with Crippen LogP contribution in [0, 0.1) is 5.82 Å². The van der Waals surface area contributed by atoms with Gasteiger partial charge in [-0.15, -0.1) is 0 Å². The van der Waals surface area contributed by atoms with Crippen molar-refractivity contribution >= 4 is 23.6 Å². The molecule has 5 rings (SSSR count). The van der Waals surface area contributed by atoms with Crippen molar-refractivity contribution in [2.75, 3.05) is 31.5 Å². The van der Waals surface area contributed by atoms with Crippen LogP contribution in [-0.2, 0) is 16.1 Å². The van der Waals surface area contributed by atoms with Crippen LogP contribution in [0.15, 0.2) is 78.9 Å². The van der Waals surface area contributed by atoms with Gasteiger partial charge >= 0.3 is 6.09 Å². The number of carbonyl (C=O) groups is 3. The van der Waals surface area contributed by atoms with Crippen LogP contribution >= 0.6 is 0 Å². The van der Waals surface area contributed by atoms with Crippen LogP contribution in [0.4, 0.5) is 14.9 Å². The summed E-state index contributed by atoms with van der Waals surface area (Å²) in [6, 6.07) is 20.6. The van der Waals surface area contributed by atoms with Crippen LogP contribution < -0.4 is 10.6 Å². The number of halogens is 1. The lowest BCUT2D eigenvalue weighted by molar-refractivity contribution is -0.126. The molecule has 2 aliphatic rings. The summed E-state index contributed by atoms with van der Waals surface area (Å²) in [5.41, 5.74) is 2.28. The summed E-state index contributed by atoms with van der Waals surface area (Å²) >= 11 is 0. The summed E-state index contributed by atoms with van der Waals surface area (Å²) < 4.78 is 19.2. The Morgan fingerprint density at radius 2 is 1.69 bits per heavy atom. The number of nitrogens with zero attached hydrogens (tertiary/aromatic N) is 2. The Bertz CT molecular complexity index is 1310. The number of nitrogens with one attached hydrogen (secondary N) is 2. The van der Waals surface area contributed by atoms with E-state index in [0.717, 1.165) is 32.5 Å². The van der Waals surface area contributed by atoms with Crippen LogP contribution in [0.2, 0.25) is 0 Å². The van der Waals surface area contributed by atoms with E-state index in [1.54, 1.807) is 60.7 Å². The Kier molecular flexibility index (Phi) is 8.17. The molecule has 39 heavy (non-hydrogen) atoms. The maximum atomic E-state index is 13.5. The largest absolute Gasteiger partial charge is 0.438 e. The second kappa shape index (κ2) is 12.1. The van der Waals surface area contributed by atoms with E-state index in [4.69, 9.17) is 4.74 Å². The van der Waals surface area contributed by atoms with Gasteiger partial charge in [0.05, 0.1) is 6.54 Å². The molecule has 0 radical (unpaired) electrons. The van der Waals surface area contributed by atoms with Crippen molar-refractivity contribution in [1.82, 2.24) is 15.1 Å². The molecule has 2 atom stereocenters. The van der Waals surface area contributed by atoms with E-state index in [1.807, 2.05) is 6.07 Å². The summed E-state index contributed by atoms with van der Waals surface area (Å²) in [5.74, 6) is -0.984. The minimum Gasteiger partial charge on any atom is -0.438 e. The molecule has 2 unspecified atom stereocenters. The number of carbonyl (C=O) groups excluding carboxylic acids is 3. The average molecular weight is 531 g/mol. The molecular weight excluding hydrogens is 499 g/mol. The zero-order chi connectivity index (χ0) is 27.2. The van der Waals surface area contributed by atoms with E-state index < -0.39 is 18.2 Å². The van der Waals surface area contributed by atoms with Gasteiger partial charge in [-0.3, -0.25) is 14.5 Å². The second-order valence-electron chi connectivity index (χ2n) is 9.79. The molecule has 0 bridgehead atoms. The number of hydrogen-bond acceptors (Lipinski definition) is 5. The summed E-state index contributed by atoms with van der Waals surface area (Å²) in [6.45, 7) is 3.30. The number of benzene rings is 3. The first-order valence-corrected chi connectivity index (χ1v) is 13.2. The van der Waals surface area contributed by atoms with Gasteiger partial charge in [-0.05, 0) is 73.5 Å². The lowest BCUT2D eigenvalue weighted by Crippen LogP contribution is -2.47. The molecule has 2 fully saturated rings. The Labute approximate surface area is 226 Å². The minimum atomic E-state index is -0.943. The van der Waals surface area contributed by atoms with Crippen LogP contribution in [0.3, 0.4) is 0 Å². The van der Waals surface area contributed by atoms with Gasteiger partial charge in [0.2, 0.25) is 5.91 Å². The summed E-state index contributed by atoms with van der Waals surface area (Å²) in [6.07, 6.45) is 0.786. The molecule has 9 heteroatoms. The van der Waals surface area contributed by atoms with Crippen LogP contribution in [0.25, 0.3) is 0 Å². The first kappa shape index (κ1) is 26.4. The van der Waals surface area contributed by atoms with E-state index in [1.165, 1.54) is 17.0 Å². The Hall–Kier alpha value is -4.24. The van der Waals surface area contributed by atoms with E-state index in [0.29, 0.717) is 28.9 Å². The maximum Gasteiger partial charge on any atom is 0.411 e. The average Bonchev–Trinajstić information content (AvgIpc) is 3.58. The fourth-order valence-corrected chi connectivity index (χ4v) is 5.03. The third kappa shape index (κ3) is 6.43. The third-order valence-corrected chi connectivity index (χ3v) is 7.05. The number of hydrogen-bond donors (Lipinski definition) is 2. The van der Waals surface area contributed by atoms with Crippen molar-refractivity contribution < 1.29 is 23.5 Å². The summed E-state index contributed by atoms with van der Waals surface area (Å²) in [7, 11) is 0. The number of cyclic esters (lactones) is 1. The topological polar surface area (TPSA) is 91.0 Å². The normalized spacial score (nSPS) is 19.1. The molecule has 2 heterocycles. The highest BCUT2D eigenvalue weighted by Crippen LogP contribution is 2.35. The minimum absolute atomic E-state index is 0.0876. The first-order chi connectivity index (χ1) is 19.0. The van der Waals surface area contributed by atoms with Crippen molar-refractivity contribution in [3.8, 4) is 0 Å². The van der Waals surface area contributed by atoms with Crippen molar-refractivity contribution in [3.05, 3.63) is 101 Å². The molecule has 8 nitrogen and oxygen atoms in total. The Balaban J connectivity index is 1.36. The monoisotopic (exact) mass is 530 g/mol. The van der Waals surface area contributed by atoms with Crippen molar-refractivity contribution in [3.63, 3.8) is 0 Å². The number of rotatable bonds is 9. The highest BCUT2D eigenvalue weighted by atomic mass is 19.1. The SMILES string of the molecule is O=C(Nc1cccc(C2OC(=O)N(Cc3ccc(F)cc3)C2C(=O)NCCN2CCCC2)c1)c1ccccc1. The van der Waals surface area contributed by atoms with E-state index >= 15 is 0 Å². The van der Waals surface area contributed by atoms with Gasteiger partial charge in [-0.1, -0.05) is 42.5 Å². The van der Waals surface area contributed by atoms with Gasteiger partial charge in [-0.2, -0.15) is 0 Å². The lowest BCUT2D eigenvalue weighted by Gasteiger charge is -2.25. The molecule has 2 aliphatic heterocycles.